The van der Waals surface area contributed by atoms with Crippen LogP contribution in [-0.4, -0.2) is 25.4 Å². The predicted molar refractivity (Wildman–Crippen MR) is 68.9 cm³/mol. The van der Waals surface area contributed by atoms with Crippen molar-refractivity contribution in [3.63, 3.8) is 0 Å². The number of halogens is 3. The van der Waals surface area contributed by atoms with E-state index in [1.165, 1.54) is 0 Å². The Hall–Kier alpha value is 0.0300. The van der Waals surface area contributed by atoms with Crippen molar-refractivity contribution in [1.29, 1.82) is 0 Å². The summed E-state index contributed by atoms with van der Waals surface area (Å²) in [6.07, 6.45) is 0. The Kier molecular flexibility index (Phi) is 5.37. The summed E-state index contributed by atoms with van der Waals surface area (Å²) in [4.78, 5) is 0. The largest absolute Gasteiger partial charge is 0.382 e. The minimum absolute atomic E-state index is 0.0600. The molecule has 1 rings (SSSR count). The van der Waals surface area contributed by atoms with E-state index in [2.05, 4.69) is 15.9 Å². The number of hydrogen-bond donors (Lipinski definition) is 0. The number of benzene rings is 1. The zero-order chi connectivity index (χ0) is 12.2. The summed E-state index contributed by atoms with van der Waals surface area (Å²) in [5.41, 5.74) is 0. The summed E-state index contributed by atoms with van der Waals surface area (Å²) >= 11 is 14.3. The Morgan fingerprint density at radius 2 is 1.88 bits per heavy atom. The number of hydrogen-bond acceptors (Lipinski definition) is 3. The van der Waals surface area contributed by atoms with Gasteiger partial charge in [-0.25, -0.2) is 0 Å². The Morgan fingerprint density at radius 3 is 2.38 bits per heavy atom. The fourth-order valence-corrected chi connectivity index (χ4v) is 2.94. The molecule has 0 heterocycles. The summed E-state index contributed by atoms with van der Waals surface area (Å²) in [5.74, 6) is 0.000132. The molecule has 0 spiro atoms. The summed E-state index contributed by atoms with van der Waals surface area (Å²) in [6, 6.07) is 6.46. The second kappa shape index (κ2) is 6.10. The molecule has 0 aliphatic carbocycles. The van der Waals surface area contributed by atoms with Gasteiger partial charge in [-0.05, 0) is 24.3 Å². The van der Waals surface area contributed by atoms with Crippen LogP contribution in [0.2, 0.25) is 0 Å². The van der Waals surface area contributed by atoms with Gasteiger partial charge in [0.05, 0.1) is 5.38 Å². The molecule has 0 saturated heterocycles. The first-order valence-corrected chi connectivity index (χ1v) is 7.65. The van der Waals surface area contributed by atoms with Gasteiger partial charge in [-0.15, -0.1) is 23.2 Å². The Balaban J connectivity index is 2.69. The van der Waals surface area contributed by atoms with Crippen LogP contribution in [0.3, 0.4) is 0 Å². The SMILES string of the molecule is O=S(=O)(CC(Cl)CCl)Oc1ccc(Br)cc1. The van der Waals surface area contributed by atoms with Gasteiger partial charge in [0.15, 0.2) is 0 Å². The molecule has 90 valence electrons. The van der Waals surface area contributed by atoms with E-state index in [4.69, 9.17) is 27.4 Å². The topological polar surface area (TPSA) is 43.4 Å². The average Bonchev–Trinajstić information content (AvgIpc) is 2.20. The van der Waals surface area contributed by atoms with Crippen LogP contribution in [0.5, 0.6) is 5.75 Å². The van der Waals surface area contributed by atoms with Gasteiger partial charge in [0, 0.05) is 10.4 Å². The number of rotatable bonds is 5. The zero-order valence-electron chi connectivity index (χ0n) is 8.07. The quantitative estimate of drug-likeness (QED) is 0.607. The van der Waals surface area contributed by atoms with Crippen LogP contribution in [0.1, 0.15) is 0 Å². The van der Waals surface area contributed by atoms with Gasteiger partial charge < -0.3 is 4.18 Å². The lowest BCUT2D eigenvalue weighted by Gasteiger charge is -2.08. The maximum atomic E-state index is 11.5. The maximum absolute atomic E-state index is 11.5. The van der Waals surface area contributed by atoms with Gasteiger partial charge in [0.2, 0.25) is 0 Å². The van der Waals surface area contributed by atoms with Crippen LogP contribution >= 0.6 is 39.1 Å². The monoisotopic (exact) mass is 346 g/mol. The van der Waals surface area contributed by atoms with E-state index < -0.39 is 15.5 Å². The lowest BCUT2D eigenvalue weighted by atomic mass is 10.3. The summed E-state index contributed by atoms with van der Waals surface area (Å²) in [7, 11) is -3.69. The van der Waals surface area contributed by atoms with Gasteiger partial charge in [-0.3, -0.25) is 0 Å². The standard InChI is InChI=1S/C9H9BrCl2O3S/c10-7-1-3-9(4-2-7)15-16(13,14)6-8(12)5-11/h1-4,8H,5-6H2. The van der Waals surface area contributed by atoms with Crippen LogP contribution in [0, 0.1) is 0 Å². The van der Waals surface area contributed by atoms with Crippen LogP contribution in [0.15, 0.2) is 28.7 Å². The Bertz CT molecular complexity index is 433. The van der Waals surface area contributed by atoms with Crippen molar-refractivity contribution in [2.24, 2.45) is 0 Å². The summed E-state index contributed by atoms with van der Waals surface area (Å²) in [5, 5.41) is -0.651. The van der Waals surface area contributed by atoms with E-state index in [-0.39, 0.29) is 17.4 Å². The molecule has 0 aromatic heterocycles. The molecular weight excluding hydrogens is 339 g/mol. The second-order valence-corrected chi connectivity index (χ2v) is 6.47. The molecule has 0 saturated carbocycles. The first kappa shape index (κ1) is 14.1. The fourth-order valence-electron chi connectivity index (χ4n) is 0.937. The van der Waals surface area contributed by atoms with Gasteiger partial charge in [0.25, 0.3) is 0 Å². The van der Waals surface area contributed by atoms with Crippen molar-refractivity contribution in [2.75, 3.05) is 11.6 Å². The van der Waals surface area contributed by atoms with Crippen LogP contribution in [-0.2, 0) is 10.1 Å². The Morgan fingerprint density at radius 1 is 1.31 bits per heavy atom. The van der Waals surface area contributed by atoms with Gasteiger partial charge in [-0.1, -0.05) is 15.9 Å². The van der Waals surface area contributed by atoms with Crippen molar-refractivity contribution in [2.45, 2.75) is 5.38 Å². The van der Waals surface area contributed by atoms with Crippen molar-refractivity contribution in [3.05, 3.63) is 28.7 Å². The molecule has 0 fully saturated rings. The van der Waals surface area contributed by atoms with E-state index in [1.807, 2.05) is 0 Å². The highest BCUT2D eigenvalue weighted by Crippen LogP contribution is 2.18. The first-order chi connectivity index (χ1) is 7.43. The molecule has 7 heteroatoms. The highest BCUT2D eigenvalue weighted by molar-refractivity contribution is 9.10. The maximum Gasteiger partial charge on any atom is 0.310 e. The van der Waals surface area contributed by atoms with E-state index in [9.17, 15) is 8.42 Å². The van der Waals surface area contributed by atoms with Crippen LogP contribution < -0.4 is 4.18 Å². The van der Waals surface area contributed by atoms with E-state index in [0.29, 0.717) is 0 Å². The van der Waals surface area contributed by atoms with Crippen molar-refractivity contribution in [1.82, 2.24) is 0 Å². The van der Waals surface area contributed by atoms with E-state index >= 15 is 0 Å². The van der Waals surface area contributed by atoms with Crippen molar-refractivity contribution in [3.8, 4) is 5.75 Å². The Labute approximate surface area is 113 Å². The molecule has 16 heavy (non-hydrogen) atoms. The highest BCUT2D eigenvalue weighted by Gasteiger charge is 2.18. The van der Waals surface area contributed by atoms with Crippen molar-refractivity contribution >= 4 is 49.2 Å². The molecule has 1 aromatic carbocycles. The third kappa shape index (κ3) is 4.91. The predicted octanol–water partition coefficient (Wildman–Crippen LogP) is 3.00. The van der Waals surface area contributed by atoms with Crippen LogP contribution in [0.4, 0.5) is 0 Å². The lowest BCUT2D eigenvalue weighted by Crippen LogP contribution is -2.22. The van der Waals surface area contributed by atoms with Gasteiger partial charge in [0.1, 0.15) is 11.5 Å². The highest BCUT2D eigenvalue weighted by atomic mass is 79.9. The smallest absolute Gasteiger partial charge is 0.310 e. The fraction of sp³-hybridized carbons (Fsp3) is 0.333. The molecule has 0 radical (unpaired) electrons. The normalized spacial score (nSPS) is 13.4. The molecular formula is C9H9BrCl2O3S. The van der Waals surface area contributed by atoms with Crippen molar-refractivity contribution < 1.29 is 12.6 Å². The molecule has 3 nitrogen and oxygen atoms in total. The third-order valence-corrected chi connectivity index (χ3v) is 4.40. The van der Waals surface area contributed by atoms with E-state index in [0.717, 1.165) is 4.47 Å². The molecule has 0 aliphatic heterocycles. The average molecular weight is 348 g/mol. The van der Waals surface area contributed by atoms with E-state index in [1.54, 1.807) is 24.3 Å². The van der Waals surface area contributed by atoms with Crippen LogP contribution in [0.25, 0.3) is 0 Å². The summed E-state index contributed by atoms with van der Waals surface area (Å²) in [6.45, 7) is 0. The number of alkyl halides is 2. The molecule has 1 atom stereocenters. The molecule has 0 aliphatic rings. The molecule has 0 N–H and O–H groups in total. The third-order valence-electron chi connectivity index (χ3n) is 1.59. The first-order valence-electron chi connectivity index (χ1n) is 4.31. The molecule has 1 aromatic rings. The van der Waals surface area contributed by atoms with Gasteiger partial charge in [-0.2, -0.15) is 8.42 Å². The molecule has 0 bridgehead atoms. The molecule has 1 unspecified atom stereocenters. The molecule has 0 amide bonds. The summed E-state index contributed by atoms with van der Waals surface area (Å²) < 4.78 is 28.6. The minimum Gasteiger partial charge on any atom is -0.382 e. The lowest BCUT2D eigenvalue weighted by molar-refractivity contribution is 0.485. The second-order valence-electron chi connectivity index (χ2n) is 3.01. The zero-order valence-corrected chi connectivity index (χ0v) is 12.0. The van der Waals surface area contributed by atoms with Gasteiger partial charge >= 0.3 is 10.1 Å². The minimum atomic E-state index is -3.69.